The summed E-state index contributed by atoms with van der Waals surface area (Å²) in [6.45, 7) is 0. The predicted molar refractivity (Wildman–Crippen MR) is 164 cm³/mol. The zero-order chi connectivity index (χ0) is 27.0. The Hall–Kier alpha value is -4.31. The Morgan fingerprint density at radius 1 is 0.537 bits per heavy atom. The highest BCUT2D eigenvalue weighted by Crippen LogP contribution is 2.65. The zero-order valence-electron chi connectivity index (χ0n) is 23.1. The molecule has 4 aliphatic carbocycles. The van der Waals surface area contributed by atoms with Gasteiger partial charge in [0.1, 0.15) is 5.82 Å². The number of hydrogen-bond donors (Lipinski definition) is 0. The van der Waals surface area contributed by atoms with E-state index in [4.69, 9.17) is 15.0 Å². The van der Waals surface area contributed by atoms with E-state index in [9.17, 15) is 0 Å². The third kappa shape index (κ3) is 3.49. The molecular formula is C37H32N4. The third-order valence-electron chi connectivity index (χ3n) is 10.3. The molecule has 0 spiro atoms. The molecule has 4 nitrogen and oxygen atoms in total. The van der Waals surface area contributed by atoms with Crippen molar-refractivity contribution in [2.75, 3.05) is 0 Å². The molecule has 2 unspecified atom stereocenters. The largest absolute Gasteiger partial charge is 0.334 e. The minimum Gasteiger partial charge on any atom is -0.334 e. The summed E-state index contributed by atoms with van der Waals surface area (Å²) in [6.07, 6.45) is 7.26. The second-order valence-electron chi connectivity index (χ2n) is 12.9. The number of aromatic nitrogens is 4. The molecule has 2 heterocycles. The summed E-state index contributed by atoms with van der Waals surface area (Å²) < 4.78 is 2.75. The van der Waals surface area contributed by atoms with Crippen molar-refractivity contribution in [2.24, 2.45) is 11.8 Å². The molecule has 0 saturated heterocycles. The fourth-order valence-corrected chi connectivity index (χ4v) is 9.22. The van der Waals surface area contributed by atoms with Gasteiger partial charge in [0, 0.05) is 43.9 Å². The van der Waals surface area contributed by atoms with E-state index in [1.54, 1.807) is 0 Å². The molecular weight excluding hydrogens is 500 g/mol. The van der Waals surface area contributed by atoms with E-state index < -0.39 is 0 Å². The highest BCUT2D eigenvalue weighted by atomic mass is 15.1. The molecule has 0 amide bonds. The lowest BCUT2D eigenvalue weighted by Crippen LogP contribution is -2.58. The van der Waals surface area contributed by atoms with Crippen LogP contribution in [0.2, 0.25) is 0 Å². The lowest BCUT2D eigenvalue weighted by atomic mass is 9.46. The topological polar surface area (TPSA) is 43.6 Å². The first-order chi connectivity index (χ1) is 20.2. The van der Waals surface area contributed by atoms with Gasteiger partial charge in [-0.1, -0.05) is 97.1 Å². The molecule has 10 rings (SSSR count). The van der Waals surface area contributed by atoms with Gasteiger partial charge in [0.05, 0.1) is 0 Å². The van der Waals surface area contributed by atoms with Crippen LogP contribution in [0.4, 0.5) is 0 Å². The molecule has 4 heteroatoms. The van der Waals surface area contributed by atoms with E-state index in [0.29, 0.717) is 11.8 Å². The standard InChI is InChI=1S/C37H32N4/c1-3-11-27(12-4-1)33-38-34(28-13-5-2-6-14-28)40-35(39-33)36-20-25-19-26(21-36)23-37(22-25,24-36)41-31-17-9-7-15-29(31)30-16-8-10-18-32(30)41/h1-18,25-26H,19-24H2. The molecule has 0 N–H and O–H groups in total. The first-order valence-electron chi connectivity index (χ1n) is 15.1. The molecule has 2 aromatic heterocycles. The predicted octanol–water partition coefficient (Wildman–Crippen LogP) is 8.56. The molecule has 2 atom stereocenters. The van der Waals surface area contributed by atoms with Crippen molar-refractivity contribution in [2.45, 2.75) is 49.5 Å². The number of hydrogen-bond acceptors (Lipinski definition) is 3. The Morgan fingerprint density at radius 2 is 1.02 bits per heavy atom. The fraction of sp³-hybridized carbons (Fsp3) is 0.270. The van der Waals surface area contributed by atoms with Gasteiger partial charge in [-0.15, -0.1) is 0 Å². The van der Waals surface area contributed by atoms with Crippen molar-refractivity contribution < 1.29 is 0 Å². The Bertz CT molecular complexity index is 1800. The van der Waals surface area contributed by atoms with Crippen molar-refractivity contribution in [3.63, 3.8) is 0 Å². The maximum Gasteiger partial charge on any atom is 0.163 e. The SMILES string of the molecule is c1ccc(-c2nc(-c3ccccc3)nc(C34CC5CC(C3)CC(n3c6ccccc6c6ccccc63)(C5)C4)n2)cc1. The normalized spacial score (nSPS) is 26.6. The number of rotatable bonds is 4. The summed E-state index contributed by atoms with van der Waals surface area (Å²) in [5.41, 5.74) is 4.87. The molecule has 4 saturated carbocycles. The van der Waals surface area contributed by atoms with Crippen LogP contribution in [0, 0.1) is 11.8 Å². The van der Waals surface area contributed by atoms with Gasteiger partial charge in [0.25, 0.3) is 0 Å². The molecule has 4 fully saturated rings. The first-order valence-corrected chi connectivity index (χ1v) is 15.1. The van der Waals surface area contributed by atoms with Crippen molar-refractivity contribution in [1.29, 1.82) is 0 Å². The lowest BCUT2D eigenvalue weighted by Gasteiger charge is -2.62. The summed E-state index contributed by atoms with van der Waals surface area (Å²) >= 11 is 0. The van der Waals surface area contributed by atoms with Crippen molar-refractivity contribution in [3.8, 4) is 22.8 Å². The summed E-state index contributed by atoms with van der Waals surface area (Å²) in [6, 6.07) is 38.9. The monoisotopic (exact) mass is 532 g/mol. The minimum absolute atomic E-state index is 0.0490. The third-order valence-corrected chi connectivity index (χ3v) is 10.3. The molecule has 41 heavy (non-hydrogen) atoms. The number of benzene rings is 4. The van der Waals surface area contributed by atoms with Gasteiger partial charge < -0.3 is 4.57 Å². The average Bonchev–Trinajstić information content (AvgIpc) is 3.36. The molecule has 6 aromatic rings. The van der Waals surface area contributed by atoms with E-state index in [-0.39, 0.29) is 11.0 Å². The van der Waals surface area contributed by atoms with Gasteiger partial charge in [-0.25, -0.2) is 15.0 Å². The minimum atomic E-state index is -0.0490. The smallest absolute Gasteiger partial charge is 0.163 e. The summed E-state index contributed by atoms with van der Waals surface area (Å²) in [5, 5.41) is 2.73. The molecule has 4 bridgehead atoms. The van der Waals surface area contributed by atoms with E-state index in [0.717, 1.165) is 35.0 Å². The van der Waals surface area contributed by atoms with E-state index in [2.05, 4.69) is 114 Å². The second kappa shape index (κ2) is 8.59. The quantitative estimate of drug-likeness (QED) is 0.228. The van der Waals surface area contributed by atoms with Gasteiger partial charge in [-0.05, 0) is 62.5 Å². The number of fused-ring (bicyclic) bond motifs is 3. The molecule has 4 aliphatic rings. The van der Waals surface area contributed by atoms with Crippen LogP contribution in [0.3, 0.4) is 0 Å². The molecule has 4 aromatic carbocycles. The van der Waals surface area contributed by atoms with Crippen molar-refractivity contribution in [1.82, 2.24) is 19.5 Å². The van der Waals surface area contributed by atoms with Crippen LogP contribution in [0.1, 0.15) is 44.3 Å². The Labute approximate surface area is 240 Å². The lowest BCUT2D eigenvalue weighted by molar-refractivity contribution is -0.0620. The molecule has 200 valence electrons. The first kappa shape index (κ1) is 23.4. The van der Waals surface area contributed by atoms with Gasteiger partial charge in [0.2, 0.25) is 0 Å². The summed E-state index contributed by atoms with van der Waals surface area (Å²) in [7, 11) is 0. The van der Waals surface area contributed by atoms with E-state index in [1.165, 1.54) is 53.9 Å². The fourth-order valence-electron chi connectivity index (χ4n) is 9.22. The Balaban J connectivity index is 1.26. The van der Waals surface area contributed by atoms with Crippen molar-refractivity contribution >= 4 is 21.8 Å². The highest BCUT2D eigenvalue weighted by Gasteiger charge is 2.60. The summed E-state index contributed by atoms with van der Waals surface area (Å²) in [4.78, 5) is 15.7. The number of nitrogens with zero attached hydrogens (tertiary/aromatic N) is 4. The maximum absolute atomic E-state index is 5.32. The Kier molecular flexibility index (Phi) is 4.91. The van der Waals surface area contributed by atoms with Gasteiger partial charge in [0.15, 0.2) is 11.6 Å². The van der Waals surface area contributed by atoms with Crippen LogP contribution in [0.15, 0.2) is 109 Å². The second-order valence-corrected chi connectivity index (χ2v) is 12.9. The van der Waals surface area contributed by atoms with Crippen LogP contribution in [-0.4, -0.2) is 19.5 Å². The highest BCUT2D eigenvalue weighted by molar-refractivity contribution is 6.08. The number of para-hydroxylation sites is 2. The van der Waals surface area contributed by atoms with Crippen molar-refractivity contribution in [3.05, 3.63) is 115 Å². The van der Waals surface area contributed by atoms with Crippen LogP contribution in [0.25, 0.3) is 44.6 Å². The van der Waals surface area contributed by atoms with Crippen LogP contribution in [0.5, 0.6) is 0 Å². The zero-order valence-corrected chi connectivity index (χ0v) is 23.1. The summed E-state index contributed by atoms with van der Waals surface area (Å²) in [5.74, 6) is 3.96. The van der Waals surface area contributed by atoms with Gasteiger partial charge >= 0.3 is 0 Å². The van der Waals surface area contributed by atoms with Gasteiger partial charge in [-0.3, -0.25) is 0 Å². The average molecular weight is 533 g/mol. The van der Waals surface area contributed by atoms with Crippen LogP contribution < -0.4 is 0 Å². The molecule has 0 aliphatic heterocycles. The van der Waals surface area contributed by atoms with Gasteiger partial charge in [-0.2, -0.15) is 0 Å². The molecule has 0 radical (unpaired) electrons. The van der Waals surface area contributed by atoms with Crippen LogP contribution in [-0.2, 0) is 11.0 Å². The maximum atomic E-state index is 5.32. The van der Waals surface area contributed by atoms with Crippen LogP contribution >= 0.6 is 0 Å². The Morgan fingerprint density at radius 3 is 1.56 bits per heavy atom. The van der Waals surface area contributed by atoms with E-state index >= 15 is 0 Å². The van der Waals surface area contributed by atoms with E-state index in [1.807, 2.05) is 0 Å².